The zero-order valence-electron chi connectivity index (χ0n) is 7.22. The van der Waals surface area contributed by atoms with Crippen molar-refractivity contribution in [2.75, 3.05) is 3.93 Å². The average Bonchev–Trinajstić information content (AvgIpc) is 2.17. The molecular weight excluding hydrogens is 248 g/mol. The number of benzene rings is 1. The lowest BCUT2D eigenvalue weighted by Gasteiger charge is -2.10. The summed E-state index contributed by atoms with van der Waals surface area (Å²) in [5.41, 5.74) is 10.8. The summed E-state index contributed by atoms with van der Waals surface area (Å²) in [5, 5.41) is 0. The molecule has 1 rings (SSSR count). The van der Waals surface area contributed by atoms with Crippen LogP contribution in [0.2, 0.25) is 0 Å². The summed E-state index contributed by atoms with van der Waals surface area (Å²) in [6.07, 6.45) is 0. The predicted octanol–water partition coefficient (Wildman–Crippen LogP) is 1.20. The van der Waals surface area contributed by atoms with E-state index in [0.29, 0.717) is 5.69 Å². The Bertz CT molecular complexity index is 348. The second-order valence-corrected chi connectivity index (χ2v) is 3.14. The second-order valence-electron chi connectivity index (χ2n) is 2.44. The van der Waals surface area contributed by atoms with Gasteiger partial charge in [-0.1, -0.05) is 18.2 Å². The fourth-order valence-corrected chi connectivity index (χ4v) is 1.14. The van der Waals surface area contributed by atoms with Gasteiger partial charge >= 0.3 is 6.03 Å². The Morgan fingerprint density at radius 2 is 1.86 bits per heavy atom. The maximum absolute atomic E-state index is 11.3. The molecule has 0 aliphatic rings. The van der Waals surface area contributed by atoms with Crippen LogP contribution in [0.4, 0.5) is 10.5 Å². The molecule has 4 N–H and O–H groups in total. The minimum Gasteiger partial charge on any atom is -0.370 e. The molecule has 0 unspecified atom stereocenters. The number of rotatable bonds is 1. The van der Waals surface area contributed by atoms with Gasteiger partial charge in [0.25, 0.3) is 0 Å². The molecule has 0 aromatic heterocycles. The van der Waals surface area contributed by atoms with E-state index in [1.807, 2.05) is 6.07 Å². The minimum atomic E-state index is -0.573. The fraction of sp³-hybridized carbons (Fsp3) is 0. The number of carbonyl (C=O) groups is 1. The molecule has 74 valence electrons. The summed E-state index contributed by atoms with van der Waals surface area (Å²) in [5.74, 6) is -0.268. The van der Waals surface area contributed by atoms with Crippen LogP contribution in [0.25, 0.3) is 0 Å². The Morgan fingerprint density at radius 1 is 1.29 bits per heavy atom. The highest BCUT2D eigenvalue weighted by molar-refractivity contribution is 9.10. The van der Waals surface area contributed by atoms with Crippen molar-refractivity contribution in [2.45, 2.75) is 0 Å². The van der Waals surface area contributed by atoms with E-state index in [1.165, 1.54) is 3.93 Å². The Labute approximate surface area is 89.7 Å². The van der Waals surface area contributed by atoms with Crippen molar-refractivity contribution >= 4 is 33.8 Å². The fourth-order valence-electron chi connectivity index (χ4n) is 0.824. The van der Waals surface area contributed by atoms with Gasteiger partial charge < -0.3 is 11.5 Å². The summed E-state index contributed by atoms with van der Waals surface area (Å²) in [6.45, 7) is 0. The first-order valence-electron chi connectivity index (χ1n) is 3.76. The number of para-hydroxylation sites is 1. The molecule has 14 heavy (non-hydrogen) atoms. The van der Waals surface area contributed by atoms with Crippen LogP contribution in [-0.4, -0.2) is 12.0 Å². The molecule has 0 bridgehead atoms. The third-order valence-electron chi connectivity index (χ3n) is 1.38. The van der Waals surface area contributed by atoms with Gasteiger partial charge in [-0.2, -0.15) is 4.99 Å². The number of hydrogen-bond acceptors (Lipinski definition) is 1. The lowest BCUT2D eigenvalue weighted by molar-refractivity contribution is 0.258. The lowest BCUT2D eigenvalue weighted by atomic mass is 10.3. The normalized spacial score (nSPS) is 9.21. The SMILES string of the molecule is NC(N)=NC(=O)N(Br)c1ccccc1. The lowest BCUT2D eigenvalue weighted by Crippen LogP contribution is -2.27. The smallest absolute Gasteiger partial charge is 0.361 e. The number of guanidine groups is 1. The van der Waals surface area contributed by atoms with Crippen molar-refractivity contribution in [3.63, 3.8) is 0 Å². The number of amides is 2. The summed E-state index contributed by atoms with van der Waals surface area (Å²) >= 11 is 3.05. The van der Waals surface area contributed by atoms with Crippen molar-refractivity contribution in [1.82, 2.24) is 0 Å². The molecule has 0 saturated heterocycles. The predicted molar refractivity (Wildman–Crippen MR) is 59.1 cm³/mol. The summed E-state index contributed by atoms with van der Waals surface area (Å²) < 4.78 is 1.17. The molecule has 6 heteroatoms. The van der Waals surface area contributed by atoms with Crippen LogP contribution < -0.4 is 15.4 Å². The van der Waals surface area contributed by atoms with Crippen LogP contribution in [0.1, 0.15) is 0 Å². The molecule has 2 amide bonds. The van der Waals surface area contributed by atoms with Crippen LogP contribution in [0.15, 0.2) is 35.3 Å². The summed E-state index contributed by atoms with van der Waals surface area (Å²) in [6, 6.07) is 8.36. The van der Waals surface area contributed by atoms with E-state index in [-0.39, 0.29) is 5.96 Å². The maximum atomic E-state index is 11.3. The van der Waals surface area contributed by atoms with E-state index >= 15 is 0 Å². The zero-order chi connectivity index (χ0) is 10.6. The first-order chi connectivity index (χ1) is 6.61. The number of hydrogen-bond donors (Lipinski definition) is 2. The van der Waals surface area contributed by atoms with Gasteiger partial charge in [0.05, 0.1) is 21.8 Å². The monoisotopic (exact) mass is 256 g/mol. The molecule has 0 saturated carbocycles. The van der Waals surface area contributed by atoms with Crippen molar-refractivity contribution in [3.8, 4) is 0 Å². The molecule has 1 aromatic rings. The highest BCUT2D eigenvalue weighted by Crippen LogP contribution is 2.17. The van der Waals surface area contributed by atoms with Gasteiger partial charge in [0.2, 0.25) is 0 Å². The van der Waals surface area contributed by atoms with Crippen molar-refractivity contribution < 1.29 is 4.79 Å². The number of nitrogens with zero attached hydrogens (tertiary/aromatic N) is 2. The summed E-state index contributed by atoms with van der Waals surface area (Å²) in [4.78, 5) is 14.7. The largest absolute Gasteiger partial charge is 0.370 e. The Hall–Kier alpha value is -1.56. The van der Waals surface area contributed by atoms with E-state index in [0.717, 1.165) is 0 Å². The third kappa shape index (κ3) is 2.74. The van der Waals surface area contributed by atoms with Crippen molar-refractivity contribution in [2.24, 2.45) is 16.5 Å². The molecule has 5 nitrogen and oxygen atoms in total. The van der Waals surface area contributed by atoms with Crippen LogP contribution in [-0.2, 0) is 0 Å². The molecule has 0 fully saturated rings. The van der Waals surface area contributed by atoms with Gasteiger partial charge in [-0.25, -0.2) is 8.72 Å². The number of anilines is 1. The molecule has 0 aliphatic carbocycles. The van der Waals surface area contributed by atoms with Gasteiger partial charge in [0.15, 0.2) is 5.96 Å². The van der Waals surface area contributed by atoms with Gasteiger partial charge in [0, 0.05) is 0 Å². The highest BCUT2D eigenvalue weighted by atomic mass is 79.9. The van der Waals surface area contributed by atoms with Crippen molar-refractivity contribution in [3.05, 3.63) is 30.3 Å². The topological polar surface area (TPSA) is 84.7 Å². The zero-order valence-corrected chi connectivity index (χ0v) is 8.81. The van der Waals surface area contributed by atoms with Gasteiger partial charge in [-0.05, 0) is 12.1 Å². The molecule has 0 spiro atoms. The standard InChI is InChI=1S/C8H9BrN4O/c9-13(8(14)12-7(10)11)6-4-2-1-3-5-6/h1-5H,(H4,10,11,12,14). The molecule has 0 heterocycles. The van der Waals surface area contributed by atoms with Crippen LogP contribution >= 0.6 is 16.1 Å². The number of carbonyl (C=O) groups excluding carboxylic acids is 1. The number of aliphatic imine (C=N–C) groups is 1. The molecule has 0 atom stereocenters. The summed E-state index contributed by atoms with van der Waals surface area (Å²) in [7, 11) is 0. The third-order valence-corrected chi connectivity index (χ3v) is 2.09. The first kappa shape index (κ1) is 10.5. The van der Waals surface area contributed by atoms with E-state index in [4.69, 9.17) is 11.5 Å². The molecule has 0 aliphatic heterocycles. The van der Waals surface area contributed by atoms with Crippen LogP contribution in [0, 0.1) is 0 Å². The van der Waals surface area contributed by atoms with Gasteiger partial charge in [0.1, 0.15) is 0 Å². The van der Waals surface area contributed by atoms with E-state index in [9.17, 15) is 4.79 Å². The number of nitrogens with two attached hydrogens (primary N) is 2. The van der Waals surface area contributed by atoms with Crippen molar-refractivity contribution in [1.29, 1.82) is 0 Å². The number of urea groups is 1. The average molecular weight is 257 g/mol. The molecular formula is C8H9BrN4O. The van der Waals surface area contributed by atoms with E-state index in [2.05, 4.69) is 21.1 Å². The van der Waals surface area contributed by atoms with Crippen LogP contribution in [0.3, 0.4) is 0 Å². The Balaban J connectivity index is 2.81. The maximum Gasteiger partial charge on any atom is 0.361 e. The Kier molecular flexibility index (Phi) is 3.47. The van der Waals surface area contributed by atoms with E-state index in [1.54, 1.807) is 24.3 Å². The van der Waals surface area contributed by atoms with E-state index < -0.39 is 6.03 Å². The van der Waals surface area contributed by atoms with Gasteiger partial charge in [-0.15, -0.1) is 0 Å². The first-order valence-corrected chi connectivity index (χ1v) is 4.46. The minimum absolute atomic E-state index is 0.268. The van der Waals surface area contributed by atoms with Crippen LogP contribution in [0.5, 0.6) is 0 Å². The quantitative estimate of drug-likeness (QED) is 0.450. The molecule has 0 radical (unpaired) electrons. The van der Waals surface area contributed by atoms with Gasteiger partial charge in [-0.3, -0.25) is 0 Å². The second kappa shape index (κ2) is 4.61. The Morgan fingerprint density at radius 3 is 2.36 bits per heavy atom. The molecule has 1 aromatic carbocycles. The number of halogens is 1. The highest BCUT2D eigenvalue weighted by Gasteiger charge is 2.10.